The normalized spacial score (nSPS) is 11.6. The Balaban J connectivity index is 1.61. The first kappa shape index (κ1) is 18.8. The minimum absolute atomic E-state index is 0.938. The summed E-state index contributed by atoms with van der Waals surface area (Å²) in [6, 6.07) is 30.3. The first-order chi connectivity index (χ1) is 15.6. The average molecular weight is 415 g/mol. The molecule has 0 unspecified atom stereocenters. The van der Waals surface area contributed by atoms with E-state index in [0.29, 0.717) is 0 Å². The molecule has 6 rings (SSSR count). The van der Waals surface area contributed by atoms with Gasteiger partial charge in [0.05, 0.1) is 0 Å². The molecule has 0 N–H and O–H groups in total. The first-order valence-electron chi connectivity index (χ1n) is 11.0. The van der Waals surface area contributed by atoms with E-state index in [4.69, 9.17) is 4.42 Å². The Morgan fingerprint density at radius 2 is 1.28 bits per heavy atom. The Hall–Kier alpha value is -3.91. The zero-order valence-electron chi connectivity index (χ0n) is 18.5. The van der Waals surface area contributed by atoms with Gasteiger partial charge in [-0.15, -0.1) is 0 Å². The number of hydrogen-bond donors (Lipinski definition) is 0. The van der Waals surface area contributed by atoms with Crippen LogP contribution in [0.2, 0.25) is 0 Å². The molecule has 0 aliphatic heterocycles. The van der Waals surface area contributed by atoms with E-state index < -0.39 is 0 Å². The summed E-state index contributed by atoms with van der Waals surface area (Å²) in [5, 5.41) is 4.76. The van der Waals surface area contributed by atoms with Gasteiger partial charge in [0, 0.05) is 28.0 Å². The van der Waals surface area contributed by atoms with Crippen LogP contribution in [0.25, 0.3) is 55.1 Å². The number of furan rings is 1. The maximum absolute atomic E-state index is 6.27. The zero-order chi connectivity index (χ0) is 21.8. The van der Waals surface area contributed by atoms with Gasteiger partial charge in [0.25, 0.3) is 0 Å². The molecule has 0 spiro atoms. The van der Waals surface area contributed by atoms with Gasteiger partial charge in [-0.3, -0.25) is 0 Å². The van der Waals surface area contributed by atoms with Crippen molar-refractivity contribution < 1.29 is 8.98 Å². The molecule has 32 heavy (non-hydrogen) atoms. The van der Waals surface area contributed by atoms with Crippen LogP contribution in [0, 0.1) is 13.8 Å². The van der Waals surface area contributed by atoms with Crippen LogP contribution in [-0.2, 0) is 7.05 Å². The van der Waals surface area contributed by atoms with E-state index in [1.54, 1.807) is 0 Å². The largest absolute Gasteiger partial charge is 0.456 e. The molecule has 0 aliphatic rings. The summed E-state index contributed by atoms with van der Waals surface area (Å²) in [5.74, 6) is 0. The van der Waals surface area contributed by atoms with E-state index in [0.717, 1.165) is 21.9 Å². The van der Waals surface area contributed by atoms with Crippen LogP contribution in [0.5, 0.6) is 0 Å². The van der Waals surface area contributed by atoms with Crippen molar-refractivity contribution in [3.63, 3.8) is 0 Å². The predicted octanol–water partition coefficient (Wildman–Crippen LogP) is 7.51. The summed E-state index contributed by atoms with van der Waals surface area (Å²) in [6.07, 6.45) is 2.22. The standard InChI is InChI=1S/C30H24NO/c1-19-13-29-27(26-14-22-11-7-8-12-23(22)15-30(26)32-29)16-25(19)28-17-24(20(2)18-31(28)3)21-9-5-4-6-10-21/h4-18H,1-3H3/q+1. The number of pyridine rings is 1. The Morgan fingerprint density at radius 1 is 0.625 bits per heavy atom. The third-order valence-corrected chi connectivity index (χ3v) is 6.52. The van der Waals surface area contributed by atoms with Gasteiger partial charge in [0.2, 0.25) is 5.69 Å². The Kier molecular flexibility index (Phi) is 4.16. The topological polar surface area (TPSA) is 17.0 Å². The molecule has 0 aliphatic carbocycles. The van der Waals surface area contributed by atoms with Gasteiger partial charge in [-0.2, -0.15) is 0 Å². The number of benzene rings is 4. The second-order valence-corrected chi connectivity index (χ2v) is 8.69. The molecule has 6 aromatic rings. The van der Waals surface area contributed by atoms with Crippen LogP contribution >= 0.6 is 0 Å². The zero-order valence-corrected chi connectivity index (χ0v) is 18.5. The molecule has 2 heterocycles. The third kappa shape index (κ3) is 2.91. The monoisotopic (exact) mass is 414 g/mol. The highest BCUT2D eigenvalue weighted by Gasteiger charge is 2.19. The molecule has 2 heteroatoms. The van der Waals surface area contributed by atoms with Crippen molar-refractivity contribution in [2.75, 3.05) is 0 Å². The van der Waals surface area contributed by atoms with Gasteiger partial charge in [0.15, 0.2) is 6.20 Å². The number of aromatic nitrogens is 1. The summed E-state index contributed by atoms with van der Waals surface area (Å²) in [4.78, 5) is 0. The lowest BCUT2D eigenvalue weighted by molar-refractivity contribution is -0.660. The van der Waals surface area contributed by atoms with Crippen molar-refractivity contribution >= 4 is 32.7 Å². The fourth-order valence-corrected chi connectivity index (χ4v) is 4.86. The summed E-state index contributed by atoms with van der Waals surface area (Å²) in [7, 11) is 2.13. The second-order valence-electron chi connectivity index (χ2n) is 8.69. The summed E-state index contributed by atoms with van der Waals surface area (Å²) >= 11 is 0. The van der Waals surface area contributed by atoms with E-state index >= 15 is 0 Å². The lowest BCUT2D eigenvalue weighted by Crippen LogP contribution is -2.31. The molecule has 154 valence electrons. The summed E-state index contributed by atoms with van der Waals surface area (Å²) in [6.45, 7) is 4.34. The number of fused-ring (bicyclic) bond motifs is 4. The smallest absolute Gasteiger partial charge is 0.213 e. The van der Waals surface area contributed by atoms with Crippen molar-refractivity contribution in [3.8, 4) is 22.4 Å². The maximum Gasteiger partial charge on any atom is 0.213 e. The molecule has 0 amide bonds. The van der Waals surface area contributed by atoms with E-state index in [1.165, 1.54) is 44.3 Å². The molecular formula is C30H24NO+. The van der Waals surface area contributed by atoms with Crippen LogP contribution in [0.4, 0.5) is 0 Å². The number of aryl methyl sites for hydroxylation is 3. The molecular weight excluding hydrogens is 390 g/mol. The van der Waals surface area contributed by atoms with Crippen molar-refractivity contribution in [3.05, 3.63) is 102 Å². The third-order valence-electron chi connectivity index (χ3n) is 6.52. The van der Waals surface area contributed by atoms with Crippen molar-refractivity contribution in [2.45, 2.75) is 13.8 Å². The number of rotatable bonds is 2. The minimum atomic E-state index is 0.938. The Morgan fingerprint density at radius 3 is 2.06 bits per heavy atom. The van der Waals surface area contributed by atoms with Crippen LogP contribution in [0.3, 0.4) is 0 Å². The molecule has 0 saturated carbocycles. The van der Waals surface area contributed by atoms with Crippen LogP contribution in [0.1, 0.15) is 11.1 Å². The van der Waals surface area contributed by atoms with E-state index in [-0.39, 0.29) is 0 Å². The molecule has 0 radical (unpaired) electrons. The molecule has 0 saturated heterocycles. The van der Waals surface area contributed by atoms with E-state index in [1.807, 2.05) is 0 Å². The van der Waals surface area contributed by atoms with Gasteiger partial charge in [-0.25, -0.2) is 4.57 Å². The molecule has 2 nitrogen and oxygen atoms in total. The van der Waals surface area contributed by atoms with Crippen molar-refractivity contribution in [2.24, 2.45) is 7.05 Å². The lowest BCUT2D eigenvalue weighted by Gasteiger charge is -2.10. The van der Waals surface area contributed by atoms with Crippen LogP contribution in [0.15, 0.2) is 95.5 Å². The first-order valence-corrected chi connectivity index (χ1v) is 11.0. The number of hydrogen-bond acceptors (Lipinski definition) is 1. The fraction of sp³-hybridized carbons (Fsp3) is 0.100. The van der Waals surface area contributed by atoms with Gasteiger partial charge in [-0.1, -0.05) is 54.6 Å². The number of nitrogens with zero attached hydrogens (tertiary/aromatic N) is 1. The highest BCUT2D eigenvalue weighted by atomic mass is 16.3. The SMILES string of the molecule is Cc1c[n+](C)c(-c2cc3c(cc2C)oc2cc4ccccc4cc23)cc1-c1ccccc1. The minimum Gasteiger partial charge on any atom is -0.456 e. The van der Waals surface area contributed by atoms with E-state index in [2.05, 4.69) is 117 Å². The van der Waals surface area contributed by atoms with Crippen molar-refractivity contribution in [1.29, 1.82) is 0 Å². The van der Waals surface area contributed by atoms with Gasteiger partial charge in [-0.05, 0) is 65.6 Å². The average Bonchev–Trinajstić information content (AvgIpc) is 3.14. The van der Waals surface area contributed by atoms with Crippen molar-refractivity contribution in [1.82, 2.24) is 0 Å². The van der Waals surface area contributed by atoms with Gasteiger partial charge < -0.3 is 4.42 Å². The summed E-state index contributed by atoms with van der Waals surface area (Å²) < 4.78 is 8.50. The second kappa shape index (κ2) is 7.06. The summed E-state index contributed by atoms with van der Waals surface area (Å²) in [5.41, 5.74) is 9.29. The highest BCUT2D eigenvalue weighted by molar-refractivity contribution is 6.11. The quantitative estimate of drug-likeness (QED) is 0.268. The molecule has 4 aromatic carbocycles. The molecule has 0 fully saturated rings. The molecule has 2 aromatic heterocycles. The van der Waals surface area contributed by atoms with Crippen LogP contribution in [-0.4, -0.2) is 0 Å². The lowest BCUT2D eigenvalue weighted by atomic mass is 9.96. The van der Waals surface area contributed by atoms with E-state index in [9.17, 15) is 0 Å². The van der Waals surface area contributed by atoms with Gasteiger partial charge >= 0.3 is 0 Å². The maximum atomic E-state index is 6.27. The highest BCUT2D eigenvalue weighted by Crippen LogP contribution is 2.36. The molecule has 0 bridgehead atoms. The Bertz CT molecular complexity index is 1640. The predicted molar refractivity (Wildman–Crippen MR) is 133 cm³/mol. The van der Waals surface area contributed by atoms with Crippen LogP contribution < -0.4 is 4.57 Å². The molecule has 0 atom stereocenters. The van der Waals surface area contributed by atoms with Gasteiger partial charge in [0.1, 0.15) is 18.2 Å². The Labute approximate surface area is 187 Å². The fourth-order valence-electron chi connectivity index (χ4n) is 4.86.